The molecule has 1 N–H and O–H groups in total. The summed E-state index contributed by atoms with van der Waals surface area (Å²) in [6.45, 7) is 7.49. The molecule has 0 saturated heterocycles. The highest BCUT2D eigenvalue weighted by Crippen LogP contribution is 2.24. The molecule has 2 rings (SSSR count). The second-order valence-corrected chi connectivity index (χ2v) is 4.72. The van der Waals surface area contributed by atoms with E-state index >= 15 is 0 Å². The molecular weight excluding hydrogens is 229 g/mol. The van der Waals surface area contributed by atoms with Gasteiger partial charge in [-0.3, -0.25) is 4.79 Å². The SMILES string of the molecule is Cc1cc(C)c(-c2c[nH]c(F)c(C)c2=O)cc1C. The molecule has 0 bridgehead atoms. The number of rotatable bonds is 1. The summed E-state index contributed by atoms with van der Waals surface area (Å²) in [4.78, 5) is 14.6. The van der Waals surface area contributed by atoms with Gasteiger partial charge in [0, 0.05) is 11.8 Å². The van der Waals surface area contributed by atoms with Crippen molar-refractivity contribution in [1.29, 1.82) is 0 Å². The van der Waals surface area contributed by atoms with Crippen molar-refractivity contribution in [2.45, 2.75) is 27.7 Å². The van der Waals surface area contributed by atoms with Crippen LogP contribution in [0, 0.1) is 33.6 Å². The van der Waals surface area contributed by atoms with Gasteiger partial charge in [-0.25, -0.2) is 0 Å². The molecule has 94 valence electrons. The molecule has 1 aromatic carbocycles. The van der Waals surface area contributed by atoms with Crippen LogP contribution in [-0.4, -0.2) is 4.98 Å². The zero-order valence-corrected chi connectivity index (χ0v) is 11.0. The minimum atomic E-state index is -0.565. The Balaban J connectivity index is 2.74. The van der Waals surface area contributed by atoms with Gasteiger partial charge >= 0.3 is 0 Å². The molecule has 0 radical (unpaired) electrons. The third-order valence-electron chi connectivity index (χ3n) is 3.39. The number of benzene rings is 1. The lowest BCUT2D eigenvalue weighted by Crippen LogP contribution is -2.12. The minimum Gasteiger partial charge on any atom is -0.337 e. The predicted molar refractivity (Wildman–Crippen MR) is 71.4 cm³/mol. The van der Waals surface area contributed by atoms with E-state index in [-0.39, 0.29) is 11.0 Å². The average Bonchev–Trinajstić information content (AvgIpc) is 2.32. The molecule has 0 saturated carbocycles. The summed E-state index contributed by atoms with van der Waals surface area (Å²) < 4.78 is 13.3. The summed E-state index contributed by atoms with van der Waals surface area (Å²) in [5, 5.41) is 0. The first-order chi connectivity index (χ1) is 8.41. The standard InChI is InChI=1S/C15H16FNO/c1-8-5-10(3)12(6-9(8)2)13-7-17-15(16)11(4)14(13)18/h5-7H,1-4H3,(H,17,18). The van der Waals surface area contributed by atoms with Crippen molar-refractivity contribution >= 4 is 0 Å². The van der Waals surface area contributed by atoms with Crippen LogP contribution in [-0.2, 0) is 0 Å². The van der Waals surface area contributed by atoms with E-state index in [9.17, 15) is 9.18 Å². The van der Waals surface area contributed by atoms with Crippen LogP contribution in [0.4, 0.5) is 4.39 Å². The number of aromatic amines is 1. The number of H-pyrrole nitrogens is 1. The zero-order valence-electron chi connectivity index (χ0n) is 11.0. The minimum absolute atomic E-state index is 0.130. The van der Waals surface area contributed by atoms with Crippen LogP contribution >= 0.6 is 0 Å². The van der Waals surface area contributed by atoms with E-state index in [0.29, 0.717) is 5.56 Å². The maximum absolute atomic E-state index is 13.3. The number of hydrogen-bond donors (Lipinski definition) is 1. The molecule has 0 aliphatic rings. The Kier molecular flexibility index (Phi) is 3.07. The van der Waals surface area contributed by atoms with Crippen LogP contribution < -0.4 is 5.43 Å². The van der Waals surface area contributed by atoms with Crippen molar-refractivity contribution in [1.82, 2.24) is 4.98 Å². The fourth-order valence-electron chi connectivity index (χ4n) is 2.06. The van der Waals surface area contributed by atoms with Gasteiger partial charge in [-0.15, -0.1) is 0 Å². The molecule has 3 heteroatoms. The van der Waals surface area contributed by atoms with E-state index in [1.165, 1.54) is 18.7 Å². The summed E-state index contributed by atoms with van der Waals surface area (Å²) in [5.74, 6) is -0.565. The fourth-order valence-corrected chi connectivity index (χ4v) is 2.06. The van der Waals surface area contributed by atoms with Crippen molar-refractivity contribution in [3.63, 3.8) is 0 Å². The van der Waals surface area contributed by atoms with Crippen LogP contribution in [0.25, 0.3) is 11.1 Å². The van der Waals surface area contributed by atoms with Gasteiger partial charge < -0.3 is 4.98 Å². The third-order valence-corrected chi connectivity index (χ3v) is 3.39. The largest absolute Gasteiger partial charge is 0.337 e. The molecule has 0 atom stereocenters. The third kappa shape index (κ3) is 1.96. The van der Waals surface area contributed by atoms with E-state index < -0.39 is 5.95 Å². The number of pyridine rings is 1. The second kappa shape index (κ2) is 4.41. The first-order valence-electron chi connectivity index (χ1n) is 5.88. The Labute approximate surface area is 105 Å². The highest BCUT2D eigenvalue weighted by molar-refractivity contribution is 5.68. The van der Waals surface area contributed by atoms with Crippen LogP contribution in [0.3, 0.4) is 0 Å². The molecule has 2 aromatic rings. The van der Waals surface area contributed by atoms with E-state index in [0.717, 1.165) is 16.7 Å². The highest BCUT2D eigenvalue weighted by atomic mass is 19.1. The first-order valence-corrected chi connectivity index (χ1v) is 5.88. The number of aryl methyl sites for hydroxylation is 3. The number of aromatic nitrogens is 1. The van der Waals surface area contributed by atoms with Gasteiger partial charge in [0.15, 0.2) is 11.4 Å². The van der Waals surface area contributed by atoms with Gasteiger partial charge in [0.05, 0.1) is 5.56 Å². The molecule has 0 aliphatic carbocycles. The normalized spacial score (nSPS) is 10.7. The molecule has 2 nitrogen and oxygen atoms in total. The van der Waals surface area contributed by atoms with E-state index in [1.807, 2.05) is 32.9 Å². The predicted octanol–water partition coefficient (Wildman–Crippen LogP) is 3.41. The Morgan fingerprint density at radius 1 is 0.944 bits per heavy atom. The van der Waals surface area contributed by atoms with Crippen molar-refractivity contribution in [2.24, 2.45) is 0 Å². The van der Waals surface area contributed by atoms with E-state index in [2.05, 4.69) is 4.98 Å². The Hall–Kier alpha value is -1.90. The van der Waals surface area contributed by atoms with Gasteiger partial charge in [-0.1, -0.05) is 12.1 Å². The molecular formula is C15H16FNO. The maximum Gasteiger partial charge on any atom is 0.197 e. The number of hydrogen-bond acceptors (Lipinski definition) is 1. The number of halogens is 1. The van der Waals surface area contributed by atoms with E-state index in [4.69, 9.17) is 0 Å². The van der Waals surface area contributed by atoms with Crippen molar-refractivity contribution in [2.75, 3.05) is 0 Å². The second-order valence-electron chi connectivity index (χ2n) is 4.72. The van der Waals surface area contributed by atoms with Gasteiger partial charge in [0.1, 0.15) is 0 Å². The molecule has 0 aliphatic heterocycles. The van der Waals surface area contributed by atoms with Crippen molar-refractivity contribution in [3.05, 3.63) is 56.8 Å². The lowest BCUT2D eigenvalue weighted by atomic mass is 9.95. The van der Waals surface area contributed by atoms with Crippen LogP contribution in [0.5, 0.6) is 0 Å². The van der Waals surface area contributed by atoms with Gasteiger partial charge in [0.2, 0.25) is 0 Å². The topological polar surface area (TPSA) is 32.9 Å². The summed E-state index contributed by atoms with van der Waals surface area (Å²) in [7, 11) is 0. The lowest BCUT2D eigenvalue weighted by molar-refractivity contribution is 0.573. The van der Waals surface area contributed by atoms with Gasteiger partial charge in [-0.2, -0.15) is 4.39 Å². The molecule has 0 amide bonds. The first kappa shape index (κ1) is 12.6. The Bertz CT molecular complexity index is 671. The van der Waals surface area contributed by atoms with E-state index in [1.54, 1.807) is 0 Å². The lowest BCUT2D eigenvalue weighted by Gasteiger charge is -2.10. The number of nitrogens with one attached hydrogen (secondary N) is 1. The zero-order chi connectivity index (χ0) is 13.4. The summed E-state index contributed by atoms with van der Waals surface area (Å²) in [6, 6.07) is 4.02. The van der Waals surface area contributed by atoms with Crippen molar-refractivity contribution < 1.29 is 4.39 Å². The Morgan fingerprint density at radius 3 is 2.22 bits per heavy atom. The smallest absolute Gasteiger partial charge is 0.197 e. The molecule has 18 heavy (non-hydrogen) atoms. The molecule has 0 fully saturated rings. The fraction of sp³-hybridized carbons (Fsp3) is 0.267. The maximum atomic E-state index is 13.3. The summed E-state index contributed by atoms with van der Waals surface area (Å²) in [6.07, 6.45) is 1.45. The van der Waals surface area contributed by atoms with Gasteiger partial charge in [0.25, 0.3) is 0 Å². The summed E-state index contributed by atoms with van der Waals surface area (Å²) >= 11 is 0. The van der Waals surface area contributed by atoms with Gasteiger partial charge in [-0.05, 0) is 49.9 Å². The molecule has 0 unspecified atom stereocenters. The average molecular weight is 245 g/mol. The Morgan fingerprint density at radius 2 is 1.56 bits per heavy atom. The highest BCUT2D eigenvalue weighted by Gasteiger charge is 2.12. The molecule has 0 spiro atoms. The molecule has 1 aromatic heterocycles. The van der Waals surface area contributed by atoms with Crippen LogP contribution in [0.2, 0.25) is 0 Å². The monoisotopic (exact) mass is 245 g/mol. The molecule has 1 heterocycles. The van der Waals surface area contributed by atoms with Crippen LogP contribution in [0.1, 0.15) is 22.3 Å². The summed E-state index contributed by atoms with van der Waals surface area (Å²) in [5.41, 5.74) is 4.60. The van der Waals surface area contributed by atoms with Crippen LogP contribution in [0.15, 0.2) is 23.1 Å². The quantitative estimate of drug-likeness (QED) is 0.767. The van der Waals surface area contributed by atoms with Crippen molar-refractivity contribution in [3.8, 4) is 11.1 Å².